The van der Waals surface area contributed by atoms with Gasteiger partial charge in [0.15, 0.2) is 0 Å². The van der Waals surface area contributed by atoms with Crippen molar-refractivity contribution in [2.24, 2.45) is 7.05 Å². The lowest BCUT2D eigenvalue weighted by molar-refractivity contribution is -0.653. The van der Waals surface area contributed by atoms with Gasteiger partial charge in [-0.05, 0) is 49.7 Å². The Hall–Kier alpha value is -3.14. The second-order valence-corrected chi connectivity index (χ2v) is 6.60. The minimum absolute atomic E-state index is 0.951. The molecule has 25 heavy (non-hydrogen) atoms. The second-order valence-electron chi connectivity index (χ2n) is 6.60. The third-order valence-corrected chi connectivity index (χ3v) is 5.11. The Bertz CT molecular complexity index is 1270. The van der Waals surface area contributed by atoms with Gasteiger partial charge in [0.2, 0.25) is 0 Å². The number of imidazole rings is 2. The Morgan fingerprint density at radius 2 is 1.60 bits per heavy atom. The molecule has 4 heteroatoms. The fraction of sp³-hybridized carbons (Fsp3) is 0.143. The van der Waals surface area contributed by atoms with E-state index in [1.165, 1.54) is 22.5 Å². The summed E-state index contributed by atoms with van der Waals surface area (Å²) in [6.45, 7) is 4.28. The molecule has 2 aromatic carbocycles. The maximum atomic E-state index is 4.95. The molecule has 0 aliphatic carbocycles. The highest BCUT2D eigenvalue weighted by Crippen LogP contribution is 2.28. The van der Waals surface area contributed by atoms with Crippen molar-refractivity contribution in [2.45, 2.75) is 13.8 Å². The molecule has 0 unspecified atom stereocenters. The zero-order valence-electron chi connectivity index (χ0n) is 14.6. The van der Waals surface area contributed by atoms with Crippen LogP contribution in [-0.2, 0) is 7.05 Å². The molecule has 0 aliphatic rings. The van der Waals surface area contributed by atoms with Gasteiger partial charge in [0.25, 0.3) is 0 Å². The van der Waals surface area contributed by atoms with Gasteiger partial charge in [-0.2, -0.15) is 9.55 Å². The van der Waals surface area contributed by atoms with Crippen LogP contribution in [0.15, 0.2) is 60.7 Å². The van der Waals surface area contributed by atoms with Crippen molar-refractivity contribution in [3.8, 4) is 5.69 Å². The molecule has 122 valence electrons. The summed E-state index contributed by atoms with van der Waals surface area (Å²) < 4.78 is 6.78. The fourth-order valence-corrected chi connectivity index (χ4v) is 3.70. The summed E-state index contributed by atoms with van der Waals surface area (Å²) in [6, 6.07) is 21.2. The standard InChI is InChI=1S/C21H19N4/c1-14-8-4-6-10-17(14)25-20-19(13-12-15(2)23(20)3)24-18-11-7-5-9-16(18)22-21(24)25/h4-13H,1-3H3/q+1. The fourth-order valence-electron chi connectivity index (χ4n) is 3.70. The van der Waals surface area contributed by atoms with Crippen molar-refractivity contribution < 1.29 is 4.57 Å². The van der Waals surface area contributed by atoms with Gasteiger partial charge in [-0.3, -0.25) is 4.40 Å². The average molecular weight is 327 g/mol. The number of para-hydroxylation sites is 3. The maximum Gasteiger partial charge on any atom is 0.314 e. The number of benzene rings is 2. The molecule has 0 fully saturated rings. The highest BCUT2D eigenvalue weighted by Gasteiger charge is 2.26. The molecule has 5 rings (SSSR count). The van der Waals surface area contributed by atoms with Crippen LogP contribution < -0.4 is 4.57 Å². The van der Waals surface area contributed by atoms with E-state index in [2.05, 4.69) is 89.0 Å². The first-order valence-electron chi connectivity index (χ1n) is 8.50. The van der Waals surface area contributed by atoms with Gasteiger partial charge in [0.05, 0.1) is 18.1 Å². The predicted molar refractivity (Wildman–Crippen MR) is 100 cm³/mol. The van der Waals surface area contributed by atoms with Crippen molar-refractivity contribution >= 4 is 28.0 Å². The molecular weight excluding hydrogens is 308 g/mol. The molecule has 0 amide bonds. The van der Waals surface area contributed by atoms with E-state index in [-0.39, 0.29) is 0 Å². The van der Waals surface area contributed by atoms with Crippen LogP contribution in [0.5, 0.6) is 0 Å². The number of hydrogen-bond acceptors (Lipinski definition) is 1. The molecule has 4 nitrogen and oxygen atoms in total. The van der Waals surface area contributed by atoms with Crippen LogP contribution in [0.4, 0.5) is 0 Å². The average Bonchev–Trinajstić information content (AvgIpc) is 3.14. The topological polar surface area (TPSA) is 26.1 Å². The third-order valence-electron chi connectivity index (χ3n) is 5.11. The zero-order valence-corrected chi connectivity index (χ0v) is 14.6. The van der Waals surface area contributed by atoms with Crippen LogP contribution in [0.2, 0.25) is 0 Å². The van der Waals surface area contributed by atoms with Gasteiger partial charge in [0.1, 0.15) is 16.9 Å². The normalized spacial score (nSPS) is 11.8. The van der Waals surface area contributed by atoms with Gasteiger partial charge >= 0.3 is 11.4 Å². The van der Waals surface area contributed by atoms with Crippen molar-refractivity contribution in [3.05, 3.63) is 71.9 Å². The highest BCUT2D eigenvalue weighted by atomic mass is 15.3. The van der Waals surface area contributed by atoms with Crippen LogP contribution in [0, 0.1) is 13.8 Å². The van der Waals surface area contributed by atoms with Crippen molar-refractivity contribution in [3.63, 3.8) is 0 Å². The SMILES string of the molecule is Cc1ccccc1-n1c2nc3ccccc3n2c2ccc(C)[n+](C)c21. The molecule has 0 bridgehead atoms. The maximum absolute atomic E-state index is 4.95. The largest absolute Gasteiger partial charge is 0.314 e. The summed E-state index contributed by atoms with van der Waals surface area (Å²) >= 11 is 0. The molecule has 0 saturated carbocycles. The molecule has 3 heterocycles. The number of nitrogens with zero attached hydrogens (tertiary/aromatic N) is 4. The van der Waals surface area contributed by atoms with E-state index in [0.29, 0.717) is 0 Å². The van der Waals surface area contributed by atoms with E-state index >= 15 is 0 Å². The van der Waals surface area contributed by atoms with E-state index in [9.17, 15) is 0 Å². The molecule has 0 saturated heterocycles. The molecule has 0 N–H and O–H groups in total. The van der Waals surface area contributed by atoms with Crippen LogP contribution in [0.25, 0.3) is 33.7 Å². The Morgan fingerprint density at radius 1 is 0.840 bits per heavy atom. The van der Waals surface area contributed by atoms with Crippen LogP contribution in [-0.4, -0.2) is 14.0 Å². The van der Waals surface area contributed by atoms with Gasteiger partial charge in [-0.1, -0.05) is 30.3 Å². The lowest BCUT2D eigenvalue weighted by Gasteiger charge is -2.04. The highest BCUT2D eigenvalue weighted by molar-refractivity contribution is 5.89. The van der Waals surface area contributed by atoms with Crippen molar-refractivity contribution in [2.75, 3.05) is 0 Å². The van der Waals surface area contributed by atoms with Crippen molar-refractivity contribution in [1.29, 1.82) is 0 Å². The van der Waals surface area contributed by atoms with E-state index < -0.39 is 0 Å². The molecule has 0 aliphatic heterocycles. The summed E-state index contributed by atoms with van der Waals surface area (Å²) in [4.78, 5) is 4.95. The quantitative estimate of drug-likeness (QED) is 0.429. The first-order valence-corrected chi connectivity index (χ1v) is 8.50. The van der Waals surface area contributed by atoms with Gasteiger partial charge in [0, 0.05) is 0 Å². The summed E-state index contributed by atoms with van der Waals surface area (Å²) in [5, 5.41) is 0. The van der Waals surface area contributed by atoms with E-state index in [0.717, 1.165) is 22.5 Å². The third kappa shape index (κ3) is 1.82. The first-order chi connectivity index (χ1) is 12.2. The molecule has 5 aromatic rings. The smallest absolute Gasteiger partial charge is 0.250 e. The van der Waals surface area contributed by atoms with Crippen LogP contribution in [0.1, 0.15) is 11.3 Å². The first kappa shape index (κ1) is 14.2. The number of aryl methyl sites for hydroxylation is 3. The van der Waals surface area contributed by atoms with E-state index in [4.69, 9.17) is 4.98 Å². The van der Waals surface area contributed by atoms with Gasteiger partial charge in [-0.15, -0.1) is 0 Å². The summed E-state index contributed by atoms with van der Waals surface area (Å²) in [5.41, 5.74) is 8.09. The van der Waals surface area contributed by atoms with Crippen LogP contribution >= 0.6 is 0 Å². The number of rotatable bonds is 1. The number of hydrogen-bond donors (Lipinski definition) is 0. The molecule has 0 radical (unpaired) electrons. The summed E-state index contributed by atoms with van der Waals surface area (Å²) in [6.07, 6.45) is 0. The van der Waals surface area contributed by atoms with Gasteiger partial charge in [-0.25, -0.2) is 4.57 Å². The molecule has 0 spiro atoms. The molecule has 0 atom stereocenters. The second kappa shape index (κ2) is 4.93. The Balaban J connectivity index is 2.10. The van der Waals surface area contributed by atoms with E-state index in [1.54, 1.807) is 0 Å². The lowest BCUT2D eigenvalue weighted by Crippen LogP contribution is -2.34. The number of aromatic nitrogens is 4. The Kier molecular flexibility index (Phi) is 2.80. The predicted octanol–water partition coefficient (Wildman–Crippen LogP) is 3.87. The Morgan fingerprint density at radius 3 is 2.44 bits per heavy atom. The molecule has 3 aromatic heterocycles. The van der Waals surface area contributed by atoms with Crippen molar-refractivity contribution in [1.82, 2.24) is 14.0 Å². The Labute approximate surface area is 145 Å². The van der Waals surface area contributed by atoms with E-state index in [1.807, 2.05) is 6.07 Å². The summed E-state index contributed by atoms with van der Waals surface area (Å²) in [7, 11) is 2.12. The molecular formula is C21H19N4+. The summed E-state index contributed by atoms with van der Waals surface area (Å²) in [5.74, 6) is 0.951. The zero-order chi connectivity index (χ0) is 17.1. The minimum Gasteiger partial charge on any atom is -0.250 e. The van der Waals surface area contributed by atoms with Crippen LogP contribution in [0.3, 0.4) is 0 Å². The number of fused-ring (bicyclic) bond motifs is 5. The monoisotopic (exact) mass is 327 g/mol. The lowest BCUT2D eigenvalue weighted by atomic mass is 10.2. The number of pyridine rings is 1. The van der Waals surface area contributed by atoms with Gasteiger partial charge < -0.3 is 0 Å². The minimum atomic E-state index is 0.951.